The third-order valence-electron chi connectivity index (χ3n) is 1.63. The van der Waals surface area contributed by atoms with Crippen molar-refractivity contribution in [1.82, 2.24) is 10.4 Å². The van der Waals surface area contributed by atoms with E-state index in [9.17, 15) is 0 Å². The van der Waals surface area contributed by atoms with E-state index in [2.05, 4.69) is 24.3 Å². The molecule has 11 heavy (non-hydrogen) atoms. The van der Waals surface area contributed by atoms with Gasteiger partial charge in [0.05, 0.1) is 13.2 Å². The van der Waals surface area contributed by atoms with Crippen LogP contribution in [0.4, 0.5) is 0 Å². The molecule has 1 rings (SSSR count). The Bertz CT molecular complexity index is 100. The zero-order valence-electron chi connectivity index (χ0n) is 7.42. The molecule has 65 valence electrons. The summed E-state index contributed by atoms with van der Waals surface area (Å²) in [6.45, 7) is 8.91. The normalized spacial score (nSPS) is 21.0. The first-order valence-corrected chi connectivity index (χ1v) is 4.29. The quantitative estimate of drug-likeness (QED) is 0.596. The van der Waals surface area contributed by atoms with Crippen LogP contribution in [0.15, 0.2) is 0 Å². The molecular weight excluding hydrogens is 140 g/mol. The van der Waals surface area contributed by atoms with E-state index in [-0.39, 0.29) is 0 Å². The molecule has 3 heteroatoms. The van der Waals surface area contributed by atoms with Gasteiger partial charge in [0.2, 0.25) is 0 Å². The monoisotopic (exact) mass is 157 g/mol. The van der Waals surface area contributed by atoms with Gasteiger partial charge in [-0.25, -0.2) is 5.01 Å². The lowest BCUT2D eigenvalue weighted by Gasteiger charge is -2.25. The van der Waals surface area contributed by atoms with Gasteiger partial charge in [0.1, 0.15) is 0 Å². The van der Waals surface area contributed by atoms with Crippen molar-refractivity contribution >= 4 is 0 Å². The van der Waals surface area contributed by atoms with E-state index in [0.29, 0.717) is 5.92 Å². The summed E-state index contributed by atoms with van der Waals surface area (Å²) in [6, 6.07) is 0. The van der Waals surface area contributed by atoms with Crippen molar-refractivity contribution in [2.24, 2.45) is 5.92 Å². The van der Waals surface area contributed by atoms with Crippen LogP contribution >= 0.6 is 0 Å². The molecule has 1 aliphatic rings. The van der Waals surface area contributed by atoms with E-state index in [4.69, 9.17) is 4.74 Å². The number of ether oxygens (including phenoxy) is 1. The van der Waals surface area contributed by atoms with E-state index in [1.54, 1.807) is 0 Å². The molecule has 0 aromatic carbocycles. The van der Waals surface area contributed by atoms with E-state index in [1.165, 1.54) is 0 Å². The van der Waals surface area contributed by atoms with Gasteiger partial charge in [0, 0.05) is 19.6 Å². The molecule has 0 aromatic rings. The van der Waals surface area contributed by atoms with Gasteiger partial charge in [-0.3, -0.25) is 0 Å². The molecule has 1 heterocycles. The summed E-state index contributed by atoms with van der Waals surface area (Å²) in [5.41, 5.74) is 4.44. The molecule has 0 atom stereocenters. The Hall–Kier alpha value is -0.120. The van der Waals surface area contributed by atoms with Gasteiger partial charge >= 0.3 is 0 Å². The van der Waals surface area contributed by atoms with Gasteiger partial charge in [-0.15, -0.1) is 0 Å². The predicted molar refractivity (Wildman–Crippen MR) is 44.2 cm³/mol. The molecule has 1 fully saturated rings. The number of morpholine rings is 1. The summed E-state index contributed by atoms with van der Waals surface area (Å²) < 4.78 is 5.20. The lowest BCUT2D eigenvalue weighted by molar-refractivity contribution is 0.00730. The minimum atomic E-state index is 0.665. The van der Waals surface area contributed by atoms with Crippen LogP contribution in [0, 0.1) is 5.92 Å². The second-order valence-corrected chi connectivity index (χ2v) is 3.28. The molecule has 1 radical (unpaired) electrons. The molecular formula is C8H17N2O. The second-order valence-electron chi connectivity index (χ2n) is 3.28. The minimum Gasteiger partial charge on any atom is -0.379 e. The Balaban J connectivity index is 2.05. The van der Waals surface area contributed by atoms with Crippen molar-refractivity contribution in [3.05, 3.63) is 0 Å². The molecule has 1 aliphatic heterocycles. The molecule has 0 bridgehead atoms. The zero-order valence-corrected chi connectivity index (χ0v) is 7.42. The van der Waals surface area contributed by atoms with Crippen molar-refractivity contribution in [3.8, 4) is 0 Å². The topological polar surface area (TPSA) is 26.6 Å². The molecule has 0 unspecified atom stereocenters. The number of hydrogen-bond donors (Lipinski definition) is 0. The maximum absolute atomic E-state index is 5.20. The summed E-state index contributed by atoms with van der Waals surface area (Å²) >= 11 is 0. The fraction of sp³-hybridized carbons (Fsp3) is 1.00. The van der Waals surface area contributed by atoms with Crippen LogP contribution < -0.4 is 5.43 Å². The van der Waals surface area contributed by atoms with E-state index in [1.807, 2.05) is 0 Å². The SMILES string of the molecule is CC(C)C[N]N1CCOCC1. The Labute approximate surface area is 68.7 Å². The first-order chi connectivity index (χ1) is 5.29. The molecule has 0 aliphatic carbocycles. The Kier molecular flexibility index (Phi) is 3.83. The van der Waals surface area contributed by atoms with Gasteiger partial charge in [0.15, 0.2) is 0 Å². The van der Waals surface area contributed by atoms with Crippen LogP contribution in [-0.2, 0) is 4.74 Å². The lowest BCUT2D eigenvalue weighted by atomic mass is 10.2. The molecule has 0 N–H and O–H groups in total. The van der Waals surface area contributed by atoms with Crippen LogP contribution in [0.2, 0.25) is 0 Å². The summed E-state index contributed by atoms with van der Waals surface area (Å²) in [6.07, 6.45) is 0. The lowest BCUT2D eigenvalue weighted by Crippen LogP contribution is -2.42. The molecule has 0 saturated carbocycles. The fourth-order valence-corrected chi connectivity index (χ4v) is 0.974. The van der Waals surface area contributed by atoms with Crippen LogP contribution in [-0.4, -0.2) is 37.9 Å². The third kappa shape index (κ3) is 3.70. The fourth-order valence-electron chi connectivity index (χ4n) is 0.974. The zero-order chi connectivity index (χ0) is 8.10. The van der Waals surface area contributed by atoms with Crippen molar-refractivity contribution in [2.45, 2.75) is 13.8 Å². The van der Waals surface area contributed by atoms with Crippen molar-refractivity contribution in [3.63, 3.8) is 0 Å². The number of rotatable bonds is 3. The summed E-state index contributed by atoms with van der Waals surface area (Å²) in [4.78, 5) is 0. The van der Waals surface area contributed by atoms with Gasteiger partial charge in [-0.05, 0) is 5.92 Å². The second kappa shape index (κ2) is 4.70. The highest BCUT2D eigenvalue weighted by Crippen LogP contribution is 1.96. The maximum Gasteiger partial charge on any atom is 0.0608 e. The predicted octanol–water partition coefficient (Wildman–Crippen LogP) is 0.494. The standard InChI is InChI=1S/C8H17N2O/c1-8(2)7-9-10-3-5-11-6-4-10/h8H,3-7H2,1-2H3. The van der Waals surface area contributed by atoms with Crippen LogP contribution in [0.3, 0.4) is 0 Å². The third-order valence-corrected chi connectivity index (χ3v) is 1.63. The van der Waals surface area contributed by atoms with Crippen LogP contribution in [0.5, 0.6) is 0 Å². The van der Waals surface area contributed by atoms with Crippen molar-refractivity contribution in [1.29, 1.82) is 0 Å². The van der Waals surface area contributed by atoms with Gasteiger partial charge < -0.3 is 4.74 Å². The van der Waals surface area contributed by atoms with Gasteiger partial charge in [-0.2, -0.15) is 5.43 Å². The summed E-state index contributed by atoms with van der Waals surface area (Å²) in [5, 5.41) is 2.11. The van der Waals surface area contributed by atoms with Crippen LogP contribution in [0.25, 0.3) is 0 Å². The number of hydrogen-bond acceptors (Lipinski definition) is 2. The Morgan fingerprint density at radius 1 is 1.36 bits per heavy atom. The highest BCUT2D eigenvalue weighted by molar-refractivity contribution is 4.57. The summed E-state index contributed by atoms with van der Waals surface area (Å²) in [5.74, 6) is 0.665. The number of nitrogens with zero attached hydrogens (tertiary/aromatic N) is 2. The Morgan fingerprint density at radius 3 is 2.55 bits per heavy atom. The highest BCUT2D eigenvalue weighted by atomic mass is 16.5. The first-order valence-electron chi connectivity index (χ1n) is 4.29. The molecule has 0 spiro atoms. The molecule has 0 amide bonds. The van der Waals surface area contributed by atoms with Gasteiger partial charge in [-0.1, -0.05) is 13.8 Å². The van der Waals surface area contributed by atoms with Gasteiger partial charge in [0.25, 0.3) is 0 Å². The molecule has 3 nitrogen and oxygen atoms in total. The average Bonchev–Trinajstić information content (AvgIpc) is 2.03. The van der Waals surface area contributed by atoms with E-state index < -0.39 is 0 Å². The summed E-state index contributed by atoms with van der Waals surface area (Å²) in [7, 11) is 0. The minimum absolute atomic E-state index is 0.665. The van der Waals surface area contributed by atoms with Crippen molar-refractivity contribution < 1.29 is 4.74 Å². The molecule has 1 saturated heterocycles. The highest BCUT2D eigenvalue weighted by Gasteiger charge is 2.10. The first kappa shape index (κ1) is 8.97. The average molecular weight is 157 g/mol. The maximum atomic E-state index is 5.20. The van der Waals surface area contributed by atoms with E-state index in [0.717, 1.165) is 32.8 Å². The van der Waals surface area contributed by atoms with E-state index >= 15 is 0 Å². The largest absolute Gasteiger partial charge is 0.379 e. The Morgan fingerprint density at radius 2 is 2.00 bits per heavy atom. The molecule has 0 aromatic heterocycles. The smallest absolute Gasteiger partial charge is 0.0608 e. The van der Waals surface area contributed by atoms with Crippen LogP contribution in [0.1, 0.15) is 13.8 Å². The van der Waals surface area contributed by atoms with Crippen molar-refractivity contribution in [2.75, 3.05) is 32.8 Å².